The van der Waals surface area contributed by atoms with Crippen molar-refractivity contribution in [3.63, 3.8) is 0 Å². The third-order valence-corrected chi connectivity index (χ3v) is 4.67. The van der Waals surface area contributed by atoms with Crippen molar-refractivity contribution < 1.29 is 18.0 Å². The van der Waals surface area contributed by atoms with Crippen LogP contribution in [0.15, 0.2) is 60.9 Å². The van der Waals surface area contributed by atoms with Crippen molar-refractivity contribution in [2.75, 3.05) is 16.3 Å². The third kappa shape index (κ3) is 2.91. The number of carbonyl (C=O) groups excluding carboxylic acids is 1. The number of benzene rings is 2. The monoisotopic (exact) mass is 382 g/mol. The topological polar surface area (TPSA) is 60.2 Å². The van der Waals surface area contributed by atoms with Crippen LogP contribution in [0.25, 0.3) is 10.8 Å². The van der Waals surface area contributed by atoms with Gasteiger partial charge in [-0.15, -0.1) is 0 Å². The fraction of sp³-hybridized carbons (Fsp3) is 0.150. The van der Waals surface area contributed by atoms with Crippen LogP contribution < -0.4 is 9.80 Å². The first-order valence-corrected chi connectivity index (χ1v) is 8.40. The maximum Gasteiger partial charge on any atom is 0.416 e. The highest BCUT2D eigenvalue weighted by atomic mass is 19.4. The Bertz CT molecular complexity index is 1080. The Hall–Kier alpha value is -3.60. The van der Waals surface area contributed by atoms with Gasteiger partial charge in [-0.1, -0.05) is 24.3 Å². The molecule has 3 aromatic rings. The summed E-state index contributed by atoms with van der Waals surface area (Å²) in [6.45, 7) is 0.0456. The zero-order valence-electron chi connectivity index (χ0n) is 14.4. The van der Waals surface area contributed by atoms with E-state index in [1.807, 2.05) is 24.3 Å². The summed E-state index contributed by atoms with van der Waals surface area (Å²) in [5.74, 6) is 0. The molecule has 1 fully saturated rings. The molecule has 0 saturated carbocycles. The average molecular weight is 382 g/mol. The molecular formula is C20H13F3N4O. The lowest BCUT2D eigenvalue weighted by molar-refractivity contribution is -0.137. The van der Waals surface area contributed by atoms with Crippen molar-refractivity contribution in [3.05, 3.63) is 66.5 Å². The summed E-state index contributed by atoms with van der Waals surface area (Å²) >= 11 is 0. The number of nitriles is 1. The fourth-order valence-corrected chi connectivity index (χ4v) is 3.30. The van der Waals surface area contributed by atoms with Gasteiger partial charge in [0.15, 0.2) is 0 Å². The molecule has 1 saturated heterocycles. The summed E-state index contributed by atoms with van der Waals surface area (Å²) in [5, 5.41) is 11.1. The minimum Gasteiger partial charge on any atom is -0.291 e. The van der Waals surface area contributed by atoms with Gasteiger partial charge in [-0.25, -0.2) is 4.79 Å². The van der Waals surface area contributed by atoms with E-state index < -0.39 is 23.8 Å². The Morgan fingerprint density at radius 3 is 2.46 bits per heavy atom. The predicted molar refractivity (Wildman–Crippen MR) is 97.8 cm³/mol. The molecule has 0 aliphatic carbocycles. The van der Waals surface area contributed by atoms with E-state index in [1.54, 1.807) is 6.20 Å². The first-order chi connectivity index (χ1) is 13.4. The number of aromatic nitrogens is 1. The second-order valence-corrected chi connectivity index (χ2v) is 6.33. The van der Waals surface area contributed by atoms with Gasteiger partial charge in [0.1, 0.15) is 6.04 Å². The SMILES string of the molecule is N#C[C@H]1CN(c2ccc(C(F)(F)F)cc2)C(=O)N1c1cncc2ccccc12. The Morgan fingerprint density at radius 1 is 1.07 bits per heavy atom. The minimum absolute atomic E-state index is 0.0456. The van der Waals surface area contributed by atoms with Crippen LogP contribution >= 0.6 is 0 Å². The van der Waals surface area contributed by atoms with E-state index in [4.69, 9.17) is 0 Å². The quantitative estimate of drug-likeness (QED) is 0.651. The second-order valence-electron chi connectivity index (χ2n) is 6.33. The van der Waals surface area contributed by atoms with Crippen LogP contribution in [0.2, 0.25) is 0 Å². The molecule has 2 amide bonds. The molecule has 28 heavy (non-hydrogen) atoms. The van der Waals surface area contributed by atoms with E-state index >= 15 is 0 Å². The van der Waals surface area contributed by atoms with E-state index in [2.05, 4.69) is 11.1 Å². The highest BCUT2D eigenvalue weighted by molar-refractivity contribution is 6.11. The molecule has 0 bridgehead atoms. The van der Waals surface area contributed by atoms with Crippen LogP contribution in [0.3, 0.4) is 0 Å². The number of anilines is 2. The summed E-state index contributed by atoms with van der Waals surface area (Å²) < 4.78 is 38.3. The van der Waals surface area contributed by atoms with Gasteiger partial charge in [0, 0.05) is 22.7 Å². The fourth-order valence-electron chi connectivity index (χ4n) is 3.30. The van der Waals surface area contributed by atoms with Gasteiger partial charge in [-0.3, -0.25) is 14.8 Å². The van der Waals surface area contributed by atoms with Crippen LogP contribution in [0.5, 0.6) is 0 Å². The first kappa shape index (κ1) is 17.8. The maximum absolute atomic E-state index is 13.1. The molecule has 0 unspecified atom stereocenters. The van der Waals surface area contributed by atoms with Crippen molar-refractivity contribution in [2.45, 2.75) is 12.2 Å². The minimum atomic E-state index is -4.45. The number of rotatable bonds is 2. The van der Waals surface area contributed by atoms with Crippen molar-refractivity contribution in [3.8, 4) is 6.07 Å². The summed E-state index contributed by atoms with van der Waals surface area (Å²) in [5.41, 5.74) is -0.00662. The number of fused-ring (bicyclic) bond motifs is 1. The van der Waals surface area contributed by atoms with Crippen molar-refractivity contribution in [2.24, 2.45) is 0 Å². The lowest BCUT2D eigenvalue weighted by Crippen LogP contribution is -2.34. The lowest BCUT2D eigenvalue weighted by Gasteiger charge is -2.21. The molecular weight excluding hydrogens is 369 g/mol. The molecule has 8 heteroatoms. The summed E-state index contributed by atoms with van der Waals surface area (Å²) in [7, 11) is 0. The largest absolute Gasteiger partial charge is 0.416 e. The molecule has 1 atom stereocenters. The van der Waals surface area contributed by atoms with Crippen molar-refractivity contribution in [1.29, 1.82) is 5.26 Å². The summed E-state index contributed by atoms with van der Waals surface area (Å²) in [6.07, 6.45) is -1.28. The first-order valence-electron chi connectivity index (χ1n) is 8.40. The van der Waals surface area contributed by atoms with Gasteiger partial charge < -0.3 is 0 Å². The molecule has 0 N–H and O–H groups in total. The van der Waals surface area contributed by atoms with Crippen LogP contribution in [0.1, 0.15) is 5.56 Å². The molecule has 1 aliphatic rings. The van der Waals surface area contributed by atoms with Gasteiger partial charge in [0.25, 0.3) is 0 Å². The highest BCUT2D eigenvalue weighted by Crippen LogP contribution is 2.35. The van der Waals surface area contributed by atoms with Gasteiger partial charge in [-0.05, 0) is 24.3 Å². The Labute approximate surface area is 158 Å². The van der Waals surface area contributed by atoms with E-state index in [1.165, 1.54) is 28.1 Å². The molecule has 140 valence electrons. The zero-order chi connectivity index (χ0) is 19.9. The predicted octanol–water partition coefficient (Wildman–Crippen LogP) is 4.59. The summed E-state index contributed by atoms with van der Waals surface area (Å²) in [6, 6.07) is 12.5. The number of hydrogen-bond donors (Lipinski definition) is 0. The van der Waals surface area contributed by atoms with Gasteiger partial charge in [0.2, 0.25) is 0 Å². The van der Waals surface area contributed by atoms with Crippen molar-refractivity contribution in [1.82, 2.24) is 4.98 Å². The molecule has 1 aliphatic heterocycles. The van der Waals surface area contributed by atoms with E-state index in [0.717, 1.165) is 22.9 Å². The zero-order valence-corrected chi connectivity index (χ0v) is 14.4. The average Bonchev–Trinajstić information content (AvgIpc) is 3.03. The third-order valence-electron chi connectivity index (χ3n) is 4.67. The Kier molecular flexibility index (Phi) is 4.15. The molecule has 1 aromatic heterocycles. The standard InChI is InChI=1S/C20H13F3N4O/c21-20(22,23)14-5-7-15(8-6-14)26-12-16(9-24)27(19(26)28)18-11-25-10-13-3-1-2-4-17(13)18/h1-8,10-11,16H,12H2/t16-/m0/s1. The molecule has 0 spiro atoms. The summed E-state index contributed by atoms with van der Waals surface area (Å²) in [4.78, 5) is 19.8. The number of halogens is 3. The van der Waals surface area contributed by atoms with Crippen LogP contribution in [0.4, 0.5) is 29.3 Å². The lowest BCUT2D eigenvalue weighted by atomic mass is 10.1. The molecule has 5 nitrogen and oxygen atoms in total. The number of alkyl halides is 3. The molecule has 0 radical (unpaired) electrons. The number of amides is 2. The van der Waals surface area contributed by atoms with Crippen LogP contribution in [-0.2, 0) is 6.18 Å². The van der Waals surface area contributed by atoms with E-state index in [9.17, 15) is 23.2 Å². The maximum atomic E-state index is 13.1. The van der Waals surface area contributed by atoms with E-state index in [0.29, 0.717) is 11.4 Å². The Morgan fingerprint density at radius 2 is 1.79 bits per heavy atom. The Balaban J connectivity index is 1.73. The van der Waals surface area contributed by atoms with Gasteiger partial charge in [0.05, 0.1) is 30.1 Å². The normalized spacial score (nSPS) is 17.2. The number of urea groups is 1. The highest BCUT2D eigenvalue weighted by Gasteiger charge is 2.40. The number of carbonyl (C=O) groups is 1. The molecule has 2 aromatic carbocycles. The number of hydrogen-bond acceptors (Lipinski definition) is 3. The van der Waals surface area contributed by atoms with Gasteiger partial charge in [-0.2, -0.15) is 18.4 Å². The smallest absolute Gasteiger partial charge is 0.291 e. The number of pyridine rings is 1. The second kappa shape index (κ2) is 6.53. The van der Waals surface area contributed by atoms with Gasteiger partial charge >= 0.3 is 12.2 Å². The van der Waals surface area contributed by atoms with Crippen LogP contribution in [0, 0.1) is 11.3 Å². The molecule has 2 heterocycles. The number of nitrogens with zero attached hydrogens (tertiary/aromatic N) is 4. The van der Waals surface area contributed by atoms with Crippen LogP contribution in [-0.4, -0.2) is 23.6 Å². The van der Waals surface area contributed by atoms with Crippen molar-refractivity contribution >= 4 is 28.2 Å². The van der Waals surface area contributed by atoms with E-state index in [-0.39, 0.29) is 6.54 Å². The molecule has 4 rings (SSSR count).